The molecule has 0 atom stereocenters. The maximum absolute atomic E-state index is 11.8. The molecule has 0 saturated heterocycles. The van der Waals surface area contributed by atoms with Gasteiger partial charge >= 0.3 is 0 Å². The van der Waals surface area contributed by atoms with Gasteiger partial charge in [-0.05, 0) is 48.0 Å². The second kappa shape index (κ2) is 6.26. The minimum atomic E-state index is -0.359. The number of carbonyl (C=O) groups is 1. The van der Waals surface area contributed by atoms with Gasteiger partial charge in [-0.3, -0.25) is 4.79 Å². The SMILES string of the molecule is NCCOc1ccc(NC(=O)c2ccc(Cl)o2)cc1. The molecule has 0 spiro atoms. The molecule has 1 aromatic carbocycles. The third-order valence-corrected chi connectivity index (χ3v) is 2.50. The third kappa shape index (κ3) is 3.74. The van der Waals surface area contributed by atoms with Crippen molar-refractivity contribution in [2.24, 2.45) is 5.73 Å². The molecule has 100 valence electrons. The van der Waals surface area contributed by atoms with E-state index in [1.807, 2.05) is 0 Å². The molecule has 2 aromatic rings. The lowest BCUT2D eigenvalue weighted by Crippen LogP contribution is -2.11. The van der Waals surface area contributed by atoms with Gasteiger partial charge in [0.1, 0.15) is 12.4 Å². The monoisotopic (exact) mass is 280 g/mol. The predicted octanol–water partition coefficient (Wildman–Crippen LogP) is 2.52. The summed E-state index contributed by atoms with van der Waals surface area (Å²) in [7, 11) is 0. The number of carbonyl (C=O) groups excluding carboxylic acids is 1. The number of nitrogens with one attached hydrogen (secondary N) is 1. The minimum Gasteiger partial charge on any atom is -0.492 e. The fourth-order valence-electron chi connectivity index (χ4n) is 1.44. The van der Waals surface area contributed by atoms with Crippen molar-refractivity contribution in [1.82, 2.24) is 0 Å². The van der Waals surface area contributed by atoms with Gasteiger partial charge in [0.05, 0.1) is 0 Å². The largest absolute Gasteiger partial charge is 0.492 e. The summed E-state index contributed by atoms with van der Waals surface area (Å²) >= 11 is 5.60. The molecule has 5 nitrogen and oxygen atoms in total. The van der Waals surface area contributed by atoms with E-state index in [0.29, 0.717) is 24.6 Å². The van der Waals surface area contributed by atoms with Crippen LogP contribution in [-0.2, 0) is 0 Å². The molecule has 1 aromatic heterocycles. The van der Waals surface area contributed by atoms with E-state index in [9.17, 15) is 4.79 Å². The van der Waals surface area contributed by atoms with Gasteiger partial charge in [0.25, 0.3) is 5.91 Å². The van der Waals surface area contributed by atoms with E-state index < -0.39 is 0 Å². The van der Waals surface area contributed by atoms with Crippen LogP contribution < -0.4 is 15.8 Å². The molecule has 2 rings (SSSR count). The molecule has 6 heteroatoms. The van der Waals surface area contributed by atoms with Crippen LogP contribution in [0.4, 0.5) is 5.69 Å². The fourth-order valence-corrected chi connectivity index (χ4v) is 1.59. The summed E-state index contributed by atoms with van der Waals surface area (Å²) < 4.78 is 10.3. The number of amides is 1. The molecule has 19 heavy (non-hydrogen) atoms. The molecular weight excluding hydrogens is 268 g/mol. The first-order chi connectivity index (χ1) is 9.19. The van der Waals surface area contributed by atoms with Crippen molar-refractivity contribution in [3.63, 3.8) is 0 Å². The number of anilines is 1. The van der Waals surface area contributed by atoms with Gasteiger partial charge in [0.2, 0.25) is 0 Å². The second-order valence-corrected chi connectivity index (χ2v) is 4.09. The number of hydrogen-bond acceptors (Lipinski definition) is 4. The first kappa shape index (κ1) is 13.5. The van der Waals surface area contributed by atoms with Crippen LogP contribution in [-0.4, -0.2) is 19.1 Å². The Morgan fingerprint density at radius 1 is 1.26 bits per heavy atom. The lowest BCUT2D eigenvalue weighted by atomic mass is 10.3. The van der Waals surface area contributed by atoms with Crippen LogP contribution in [0.15, 0.2) is 40.8 Å². The maximum atomic E-state index is 11.8. The minimum absolute atomic E-state index is 0.161. The summed E-state index contributed by atoms with van der Waals surface area (Å²) in [6.45, 7) is 0.911. The standard InChI is InChI=1S/C13H13ClN2O3/c14-12-6-5-11(19-12)13(17)16-9-1-3-10(4-2-9)18-8-7-15/h1-6H,7-8,15H2,(H,16,17). The first-order valence-corrected chi connectivity index (χ1v) is 6.06. The van der Waals surface area contributed by atoms with Crippen LogP contribution >= 0.6 is 11.6 Å². The zero-order valence-corrected chi connectivity index (χ0v) is 10.8. The molecule has 0 unspecified atom stereocenters. The molecule has 1 heterocycles. The van der Waals surface area contributed by atoms with E-state index in [4.69, 9.17) is 26.5 Å². The number of hydrogen-bond donors (Lipinski definition) is 2. The summed E-state index contributed by atoms with van der Waals surface area (Å²) in [4.78, 5) is 11.8. The smallest absolute Gasteiger partial charge is 0.291 e. The van der Waals surface area contributed by atoms with Gasteiger partial charge in [0.15, 0.2) is 11.0 Å². The Bertz CT molecular complexity index is 551. The van der Waals surface area contributed by atoms with Gasteiger partial charge in [-0.15, -0.1) is 0 Å². The third-order valence-electron chi connectivity index (χ3n) is 2.30. The van der Waals surface area contributed by atoms with E-state index in [1.165, 1.54) is 12.1 Å². The molecule has 0 fully saturated rings. The Balaban J connectivity index is 1.97. The Morgan fingerprint density at radius 3 is 2.58 bits per heavy atom. The lowest BCUT2D eigenvalue weighted by molar-refractivity contribution is 0.0997. The molecule has 0 aliphatic heterocycles. The number of benzene rings is 1. The van der Waals surface area contributed by atoms with E-state index in [0.717, 1.165) is 0 Å². The highest BCUT2D eigenvalue weighted by Crippen LogP contribution is 2.18. The number of furan rings is 1. The highest BCUT2D eigenvalue weighted by Gasteiger charge is 2.10. The first-order valence-electron chi connectivity index (χ1n) is 5.68. The Kier molecular flexibility index (Phi) is 4.43. The van der Waals surface area contributed by atoms with Crippen molar-refractivity contribution in [2.45, 2.75) is 0 Å². The number of halogens is 1. The molecule has 0 saturated carbocycles. The summed E-state index contributed by atoms with van der Waals surface area (Å²) in [6, 6.07) is 9.99. The molecule has 0 aliphatic carbocycles. The van der Waals surface area contributed by atoms with Crippen molar-refractivity contribution < 1.29 is 13.9 Å². The average Bonchev–Trinajstić information content (AvgIpc) is 2.85. The van der Waals surface area contributed by atoms with E-state index in [1.54, 1.807) is 24.3 Å². The van der Waals surface area contributed by atoms with Crippen LogP contribution in [0.5, 0.6) is 5.75 Å². The van der Waals surface area contributed by atoms with E-state index in [-0.39, 0.29) is 16.9 Å². The highest BCUT2D eigenvalue weighted by atomic mass is 35.5. The Labute approximate surface area is 115 Å². The molecule has 1 amide bonds. The van der Waals surface area contributed by atoms with Gasteiger partial charge in [-0.25, -0.2) is 0 Å². The number of rotatable bonds is 5. The van der Waals surface area contributed by atoms with Crippen LogP contribution in [0.1, 0.15) is 10.6 Å². The summed E-state index contributed by atoms with van der Waals surface area (Å²) in [5.41, 5.74) is 5.97. The van der Waals surface area contributed by atoms with Crippen molar-refractivity contribution in [3.05, 3.63) is 47.4 Å². The van der Waals surface area contributed by atoms with Gasteiger partial charge in [0, 0.05) is 12.2 Å². The zero-order valence-electron chi connectivity index (χ0n) is 10.1. The molecule has 0 bridgehead atoms. The lowest BCUT2D eigenvalue weighted by Gasteiger charge is -2.06. The number of nitrogens with two attached hydrogens (primary N) is 1. The average molecular weight is 281 g/mol. The highest BCUT2D eigenvalue weighted by molar-refractivity contribution is 6.29. The summed E-state index contributed by atoms with van der Waals surface area (Å²) in [6.07, 6.45) is 0. The molecule has 3 N–H and O–H groups in total. The van der Waals surface area contributed by atoms with Crippen LogP contribution in [0.3, 0.4) is 0 Å². The summed E-state index contributed by atoms with van der Waals surface area (Å²) in [5, 5.41) is 2.86. The van der Waals surface area contributed by atoms with Gasteiger partial charge < -0.3 is 20.2 Å². The van der Waals surface area contributed by atoms with Crippen molar-refractivity contribution in [2.75, 3.05) is 18.5 Å². The van der Waals surface area contributed by atoms with E-state index in [2.05, 4.69) is 5.32 Å². The predicted molar refractivity (Wildman–Crippen MR) is 72.7 cm³/mol. The molecule has 0 radical (unpaired) electrons. The van der Waals surface area contributed by atoms with Crippen LogP contribution in [0, 0.1) is 0 Å². The van der Waals surface area contributed by atoms with Crippen LogP contribution in [0.25, 0.3) is 0 Å². The summed E-state index contributed by atoms with van der Waals surface area (Å²) in [5.74, 6) is 0.500. The topological polar surface area (TPSA) is 77.5 Å². The normalized spacial score (nSPS) is 10.2. The van der Waals surface area contributed by atoms with Crippen molar-refractivity contribution >= 4 is 23.2 Å². The molecule has 0 aliphatic rings. The van der Waals surface area contributed by atoms with Crippen LogP contribution in [0.2, 0.25) is 5.22 Å². The maximum Gasteiger partial charge on any atom is 0.291 e. The van der Waals surface area contributed by atoms with Gasteiger partial charge in [-0.2, -0.15) is 0 Å². The molecular formula is C13H13ClN2O3. The Hall–Kier alpha value is -1.98. The Morgan fingerprint density at radius 2 is 2.00 bits per heavy atom. The zero-order chi connectivity index (χ0) is 13.7. The van der Waals surface area contributed by atoms with E-state index >= 15 is 0 Å². The number of ether oxygens (including phenoxy) is 1. The quantitative estimate of drug-likeness (QED) is 0.882. The fraction of sp³-hybridized carbons (Fsp3) is 0.154. The van der Waals surface area contributed by atoms with Crippen molar-refractivity contribution in [3.8, 4) is 5.75 Å². The van der Waals surface area contributed by atoms with Gasteiger partial charge in [-0.1, -0.05) is 0 Å². The van der Waals surface area contributed by atoms with Crippen molar-refractivity contribution in [1.29, 1.82) is 0 Å². The second-order valence-electron chi connectivity index (χ2n) is 3.72.